The Bertz CT molecular complexity index is 613. The molecular weight excluding hydrogens is 372 g/mol. The van der Waals surface area contributed by atoms with Gasteiger partial charge in [0, 0.05) is 4.47 Å². The standard InChI is InChI=1S/C19H23BrO4/c1-14(21)19(24-12-16-4-3-5-17(20)10-16)13-23-11-15-6-8-18(22-2)9-7-15/h3-10,14,19,21H,11-13H2,1-2H3/t14-,19+/m1/s1. The molecule has 0 heterocycles. The molecule has 0 aliphatic carbocycles. The number of hydrogen-bond donors (Lipinski definition) is 1. The van der Waals surface area contributed by atoms with E-state index in [9.17, 15) is 5.11 Å². The lowest BCUT2D eigenvalue weighted by Crippen LogP contribution is -2.31. The Morgan fingerprint density at radius 1 is 1.04 bits per heavy atom. The Morgan fingerprint density at radius 2 is 1.79 bits per heavy atom. The summed E-state index contributed by atoms with van der Waals surface area (Å²) in [6.07, 6.45) is -0.977. The third-order valence-corrected chi connectivity index (χ3v) is 4.09. The van der Waals surface area contributed by atoms with Crippen LogP contribution in [0.1, 0.15) is 18.1 Å². The van der Waals surface area contributed by atoms with Crippen molar-refractivity contribution in [1.82, 2.24) is 0 Å². The largest absolute Gasteiger partial charge is 0.497 e. The minimum atomic E-state index is -0.604. The molecule has 0 spiro atoms. The highest BCUT2D eigenvalue weighted by Gasteiger charge is 2.16. The fraction of sp³-hybridized carbons (Fsp3) is 0.368. The number of benzene rings is 2. The molecule has 2 aromatic carbocycles. The predicted octanol–water partition coefficient (Wildman–Crippen LogP) is 3.94. The minimum Gasteiger partial charge on any atom is -0.497 e. The highest BCUT2D eigenvalue weighted by molar-refractivity contribution is 9.10. The van der Waals surface area contributed by atoms with Gasteiger partial charge in [0.15, 0.2) is 0 Å². The molecule has 0 radical (unpaired) electrons. The first-order valence-corrected chi connectivity index (χ1v) is 8.62. The summed E-state index contributed by atoms with van der Waals surface area (Å²) in [6, 6.07) is 15.6. The maximum absolute atomic E-state index is 9.88. The Morgan fingerprint density at radius 3 is 2.42 bits per heavy atom. The average Bonchev–Trinajstić information content (AvgIpc) is 2.58. The van der Waals surface area contributed by atoms with E-state index in [0.717, 1.165) is 21.3 Å². The smallest absolute Gasteiger partial charge is 0.118 e. The van der Waals surface area contributed by atoms with Gasteiger partial charge < -0.3 is 19.3 Å². The molecule has 0 aromatic heterocycles. The first-order valence-electron chi connectivity index (χ1n) is 7.83. The van der Waals surface area contributed by atoms with Crippen molar-refractivity contribution < 1.29 is 19.3 Å². The molecule has 2 rings (SSSR count). The monoisotopic (exact) mass is 394 g/mol. The molecule has 2 atom stereocenters. The van der Waals surface area contributed by atoms with Gasteiger partial charge in [-0.05, 0) is 42.3 Å². The van der Waals surface area contributed by atoms with E-state index in [2.05, 4.69) is 15.9 Å². The zero-order valence-electron chi connectivity index (χ0n) is 13.9. The summed E-state index contributed by atoms with van der Waals surface area (Å²) >= 11 is 3.44. The molecule has 5 heteroatoms. The minimum absolute atomic E-state index is 0.331. The predicted molar refractivity (Wildman–Crippen MR) is 97.0 cm³/mol. The fourth-order valence-corrected chi connectivity index (χ4v) is 2.62. The van der Waals surface area contributed by atoms with Gasteiger partial charge in [0.25, 0.3) is 0 Å². The number of hydrogen-bond acceptors (Lipinski definition) is 4. The lowest BCUT2D eigenvalue weighted by molar-refractivity contribution is -0.0833. The molecule has 4 nitrogen and oxygen atoms in total. The number of aliphatic hydroxyl groups is 1. The van der Waals surface area contributed by atoms with Gasteiger partial charge in [-0.3, -0.25) is 0 Å². The molecule has 130 valence electrons. The van der Waals surface area contributed by atoms with Crippen LogP contribution in [0.3, 0.4) is 0 Å². The van der Waals surface area contributed by atoms with Crippen LogP contribution < -0.4 is 4.74 Å². The molecule has 0 aliphatic heterocycles. The lowest BCUT2D eigenvalue weighted by atomic mass is 10.2. The normalized spacial score (nSPS) is 13.5. The maximum atomic E-state index is 9.88. The molecule has 0 saturated heterocycles. The van der Waals surface area contributed by atoms with E-state index in [1.165, 1.54) is 0 Å². The van der Waals surface area contributed by atoms with E-state index in [4.69, 9.17) is 14.2 Å². The van der Waals surface area contributed by atoms with Crippen LogP contribution in [0.2, 0.25) is 0 Å². The van der Waals surface area contributed by atoms with Crippen molar-refractivity contribution in [2.75, 3.05) is 13.7 Å². The number of aliphatic hydroxyl groups excluding tert-OH is 1. The molecule has 0 saturated carbocycles. The van der Waals surface area contributed by atoms with E-state index in [1.54, 1.807) is 14.0 Å². The van der Waals surface area contributed by atoms with Crippen LogP contribution in [0.4, 0.5) is 0 Å². The van der Waals surface area contributed by atoms with Crippen molar-refractivity contribution >= 4 is 15.9 Å². The van der Waals surface area contributed by atoms with Crippen LogP contribution in [0.15, 0.2) is 53.0 Å². The van der Waals surface area contributed by atoms with Gasteiger partial charge in [0.05, 0.1) is 33.0 Å². The second-order valence-electron chi connectivity index (χ2n) is 5.58. The van der Waals surface area contributed by atoms with E-state index in [0.29, 0.717) is 19.8 Å². The highest BCUT2D eigenvalue weighted by atomic mass is 79.9. The van der Waals surface area contributed by atoms with Crippen LogP contribution in [-0.4, -0.2) is 31.0 Å². The van der Waals surface area contributed by atoms with Gasteiger partial charge in [-0.25, -0.2) is 0 Å². The van der Waals surface area contributed by atoms with Gasteiger partial charge in [0.1, 0.15) is 11.9 Å². The summed E-state index contributed by atoms with van der Waals surface area (Å²) in [5, 5.41) is 9.88. The first kappa shape index (κ1) is 18.9. The molecule has 0 unspecified atom stereocenters. The van der Waals surface area contributed by atoms with Crippen LogP contribution in [0.25, 0.3) is 0 Å². The summed E-state index contributed by atoms with van der Waals surface area (Å²) in [5.41, 5.74) is 2.09. The third-order valence-electron chi connectivity index (χ3n) is 3.60. The third kappa shape index (κ3) is 6.24. The number of rotatable bonds is 9. The van der Waals surface area contributed by atoms with E-state index >= 15 is 0 Å². The first-order chi connectivity index (χ1) is 11.6. The van der Waals surface area contributed by atoms with Crippen molar-refractivity contribution in [3.05, 3.63) is 64.1 Å². The molecule has 0 fully saturated rings. The second kappa shape index (κ2) is 9.79. The number of ether oxygens (including phenoxy) is 3. The van der Waals surface area contributed by atoms with Gasteiger partial charge in [-0.15, -0.1) is 0 Å². The Labute approximate surface area is 151 Å². The van der Waals surface area contributed by atoms with Crippen molar-refractivity contribution in [1.29, 1.82) is 0 Å². The van der Waals surface area contributed by atoms with Crippen LogP contribution >= 0.6 is 15.9 Å². The molecule has 0 aliphatic rings. The van der Waals surface area contributed by atoms with E-state index < -0.39 is 6.10 Å². The summed E-state index contributed by atoms with van der Waals surface area (Å²) in [6.45, 7) is 2.94. The van der Waals surface area contributed by atoms with Crippen LogP contribution in [0.5, 0.6) is 5.75 Å². The van der Waals surface area contributed by atoms with Gasteiger partial charge in [-0.1, -0.05) is 40.2 Å². The van der Waals surface area contributed by atoms with Crippen molar-refractivity contribution in [2.24, 2.45) is 0 Å². The topological polar surface area (TPSA) is 47.9 Å². The Kier molecular flexibility index (Phi) is 7.72. The summed E-state index contributed by atoms with van der Waals surface area (Å²) in [5.74, 6) is 0.818. The average molecular weight is 395 g/mol. The van der Waals surface area contributed by atoms with Gasteiger partial charge in [0.2, 0.25) is 0 Å². The number of halogens is 1. The SMILES string of the molecule is COc1ccc(COC[C@H](OCc2cccc(Br)c2)[C@@H](C)O)cc1. The molecule has 0 amide bonds. The summed E-state index contributed by atoms with van der Waals surface area (Å²) < 4.78 is 17.6. The zero-order valence-corrected chi connectivity index (χ0v) is 15.5. The quantitative estimate of drug-likeness (QED) is 0.699. The fourth-order valence-electron chi connectivity index (χ4n) is 2.17. The van der Waals surface area contributed by atoms with Crippen LogP contribution in [-0.2, 0) is 22.7 Å². The van der Waals surface area contributed by atoms with Crippen LogP contribution in [0, 0.1) is 0 Å². The molecule has 0 bridgehead atoms. The maximum Gasteiger partial charge on any atom is 0.118 e. The Balaban J connectivity index is 1.80. The number of methoxy groups -OCH3 is 1. The van der Waals surface area contributed by atoms with E-state index in [-0.39, 0.29) is 6.10 Å². The van der Waals surface area contributed by atoms with Crippen molar-refractivity contribution in [2.45, 2.75) is 32.3 Å². The lowest BCUT2D eigenvalue weighted by Gasteiger charge is -2.21. The summed E-state index contributed by atoms with van der Waals surface area (Å²) in [4.78, 5) is 0. The molecule has 24 heavy (non-hydrogen) atoms. The van der Waals surface area contributed by atoms with Gasteiger partial charge >= 0.3 is 0 Å². The molecule has 1 N–H and O–H groups in total. The zero-order chi connectivity index (χ0) is 17.4. The highest BCUT2D eigenvalue weighted by Crippen LogP contribution is 2.15. The van der Waals surface area contributed by atoms with Crippen molar-refractivity contribution in [3.8, 4) is 5.75 Å². The second-order valence-corrected chi connectivity index (χ2v) is 6.50. The molecule has 2 aromatic rings. The van der Waals surface area contributed by atoms with Gasteiger partial charge in [-0.2, -0.15) is 0 Å². The molecular formula is C19H23BrO4. The van der Waals surface area contributed by atoms with E-state index in [1.807, 2.05) is 48.5 Å². The Hall–Kier alpha value is -1.40. The van der Waals surface area contributed by atoms with Crippen molar-refractivity contribution in [3.63, 3.8) is 0 Å². The summed E-state index contributed by atoms with van der Waals surface area (Å²) in [7, 11) is 1.64.